The van der Waals surface area contributed by atoms with Crippen molar-refractivity contribution < 1.29 is 9.84 Å². The van der Waals surface area contributed by atoms with Crippen LogP contribution < -0.4 is 5.32 Å². The summed E-state index contributed by atoms with van der Waals surface area (Å²) in [5.41, 5.74) is -0.583. The van der Waals surface area contributed by atoms with Gasteiger partial charge in [0.25, 0.3) is 0 Å². The zero-order valence-electron chi connectivity index (χ0n) is 8.68. The smallest absolute Gasteiger partial charge is 0.0744 e. The lowest BCUT2D eigenvalue weighted by Crippen LogP contribution is -2.36. The van der Waals surface area contributed by atoms with E-state index in [1.807, 2.05) is 14.0 Å². The zero-order valence-corrected chi connectivity index (χ0v) is 8.68. The Bertz CT molecular complexity index is 142. The second-order valence-electron chi connectivity index (χ2n) is 4.20. The summed E-state index contributed by atoms with van der Waals surface area (Å²) >= 11 is 0. The first-order valence-electron chi connectivity index (χ1n) is 5.13. The number of nitrogens with one attached hydrogen (secondary N) is 1. The molecular weight excluding hydrogens is 166 g/mol. The van der Waals surface area contributed by atoms with E-state index < -0.39 is 5.60 Å². The molecule has 0 saturated carbocycles. The Hall–Kier alpha value is -0.120. The van der Waals surface area contributed by atoms with Crippen LogP contribution in [0.3, 0.4) is 0 Å². The Kier molecular flexibility index (Phi) is 4.16. The molecule has 0 bridgehead atoms. The summed E-state index contributed by atoms with van der Waals surface area (Å²) in [6.45, 7) is 3.43. The van der Waals surface area contributed by atoms with Gasteiger partial charge < -0.3 is 15.2 Å². The molecule has 0 aromatic heterocycles. The third kappa shape index (κ3) is 4.07. The average molecular weight is 187 g/mol. The predicted molar refractivity (Wildman–Crippen MR) is 52.8 cm³/mol. The third-order valence-corrected chi connectivity index (χ3v) is 2.59. The molecule has 0 aromatic rings. The Morgan fingerprint density at radius 1 is 1.62 bits per heavy atom. The van der Waals surface area contributed by atoms with Gasteiger partial charge in [-0.1, -0.05) is 0 Å². The van der Waals surface area contributed by atoms with Crippen molar-refractivity contribution in [3.63, 3.8) is 0 Å². The Morgan fingerprint density at radius 2 is 2.38 bits per heavy atom. The molecule has 0 aliphatic carbocycles. The van der Waals surface area contributed by atoms with Crippen LogP contribution >= 0.6 is 0 Å². The Balaban J connectivity index is 2.15. The molecule has 0 radical (unpaired) electrons. The second kappa shape index (κ2) is 4.94. The fourth-order valence-electron chi connectivity index (χ4n) is 1.81. The molecule has 0 amide bonds. The van der Waals surface area contributed by atoms with Gasteiger partial charge in [0.05, 0.1) is 11.7 Å². The van der Waals surface area contributed by atoms with Crippen LogP contribution in [0.4, 0.5) is 0 Å². The van der Waals surface area contributed by atoms with Crippen molar-refractivity contribution in [2.75, 3.05) is 20.2 Å². The second-order valence-corrected chi connectivity index (χ2v) is 4.20. The maximum Gasteiger partial charge on any atom is 0.0744 e. The van der Waals surface area contributed by atoms with Crippen LogP contribution in [0.25, 0.3) is 0 Å². The van der Waals surface area contributed by atoms with E-state index in [0.717, 1.165) is 25.9 Å². The minimum atomic E-state index is -0.583. The summed E-state index contributed by atoms with van der Waals surface area (Å²) in [7, 11) is 1.86. The summed E-state index contributed by atoms with van der Waals surface area (Å²) in [6, 6.07) is 0. The van der Waals surface area contributed by atoms with Crippen LogP contribution in [0.2, 0.25) is 0 Å². The van der Waals surface area contributed by atoms with Crippen molar-refractivity contribution in [3.8, 4) is 0 Å². The Morgan fingerprint density at radius 3 is 2.92 bits per heavy atom. The highest BCUT2D eigenvalue weighted by atomic mass is 16.5. The van der Waals surface area contributed by atoms with Crippen molar-refractivity contribution in [2.24, 2.45) is 0 Å². The number of likely N-dealkylation sites (N-methyl/N-ethyl adjacent to an activating group) is 1. The van der Waals surface area contributed by atoms with Crippen LogP contribution in [0.15, 0.2) is 0 Å². The lowest BCUT2D eigenvalue weighted by molar-refractivity contribution is 0.0269. The summed E-state index contributed by atoms with van der Waals surface area (Å²) < 4.78 is 5.49. The minimum Gasteiger partial charge on any atom is -0.389 e. The van der Waals surface area contributed by atoms with E-state index in [1.165, 1.54) is 6.42 Å². The van der Waals surface area contributed by atoms with Crippen molar-refractivity contribution in [2.45, 2.75) is 44.3 Å². The quantitative estimate of drug-likeness (QED) is 0.672. The molecule has 3 heteroatoms. The number of hydrogen-bond acceptors (Lipinski definition) is 3. The molecule has 78 valence electrons. The van der Waals surface area contributed by atoms with Crippen molar-refractivity contribution in [1.29, 1.82) is 0 Å². The lowest BCUT2D eigenvalue weighted by Gasteiger charge is -2.24. The molecule has 1 heterocycles. The molecule has 1 rings (SSSR count). The highest BCUT2D eigenvalue weighted by molar-refractivity contribution is 4.77. The van der Waals surface area contributed by atoms with Crippen LogP contribution in [-0.2, 0) is 4.74 Å². The first-order chi connectivity index (χ1) is 6.14. The first-order valence-corrected chi connectivity index (χ1v) is 5.13. The average Bonchev–Trinajstić information content (AvgIpc) is 2.52. The number of hydrogen-bond donors (Lipinski definition) is 2. The minimum absolute atomic E-state index is 0.392. The highest BCUT2D eigenvalue weighted by Gasteiger charge is 2.23. The first kappa shape index (κ1) is 11.0. The van der Waals surface area contributed by atoms with Gasteiger partial charge in [-0.3, -0.25) is 0 Å². The molecule has 2 N–H and O–H groups in total. The van der Waals surface area contributed by atoms with Gasteiger partial charge in [-0.05, 0) is 39.7 Å². The van der Waals surface area contributed by atoms with Crippen molar-refractivity contribution in [1.82, 2.24) is 5.32 Å². The fraction of sp³-hybridized carbons (Fsp3) is 1.00. The summed E-state index contributed by atoms with van der Waals surface area (Å²) in [4.78, 5) is 0. The Labute approximate surface area is 80.5 Å². The molecule has 1 fully saturated rings. The summed E-state index contributed by atoms with van der Waals surface area (Å²) in [5, 5.41) is 12.8. The molecule has 1 saturated heterocycles. The van der Waals surface area contributed by atoms with Crippen LogP contribution in [0, 0.1) is 0 Å². The molecule has 2 unspecified atom stereocenters. The monoisotopic (exact) mass is 187 g/mol. The van der Waals surface area contributed by atoms with Gasteiger partial charge in [0, 0.05) is 13.2 Å². The van der Waals surface area contributed by atoms with Crippen molar-refractivity contribution in [3.05, 3.63) is 0 Å². The largest absolute Gasteiger partial charge is 0.389 e. The van der Waals surface area contributed by atoms with Gasteiger partial charge in [0.1, 0.15) is 0 Å². The summed E-state index contributed by atoms with van der Waals surface area (Å²) in [6.07, 6.45) is 4.53. The van der Waals surface area contributed by atoms with E-state index in [-0.39, 0.29) is 0 Å². The normalized spacial score (nSPS) is 27.5. The fourth-order valence-corrected chi connectivity index (χ4v) is 1.81. The maximum atomic E-state index is 9.86. The standard InChI is InChI=1S/C10H21NO2/c1-10(12,8-11-2)6-5-9-4-3-7-13-9/h9,11-12H,3-8H2,1-2H3. The van der Waals surface area contributed by atoms with E-state index in [2.05, 4.69) is 5.32 Å². The number of aliphatic hydroxyl groups is 1. The van der Waals surface area contributed by atoms with Crippen LogP contribution in [-0.4, -0.2) is 37.0 Å². The third-order valence-electron chi connectivity index (χ3n) is 2.59. The van der Waals surface area contributed by atoms with Gasteiger partial charge in [-0.2, -0.15) is 0 Å². The molecule has 3 nitrogen and oxygen atoms in total. The molecule has 2 atom stereocenters. The molecule has 13 heavy (non-hydrogen) atoms. The van der Waals surface area contributed by atoms with E-state index in [0.29, 0.717) is 12.6 Å². The van der Waals surface area contributed by atoms with E-state index in [9.17, 15) is 5.11 Å². The number of rotatable bonds is 5. The topological polar surface area (TPSA) is 41.5 Å². The highest BCUT2D eigenvalue weighted by Crippen LogP contribution is 2.21. The molecule has 1 aliphatic heterocycles. The molecular formula is C10H21NO2. The van der Waals surface area contributed by atoms with Gasteiger partial charge in [-0.25, -0.2) is 0 Å². The van der Waals surface area contributed by atoms with E-state index >= 15 is 0 Å². The van der Waals surface area contributed by atoms with Crippen LogP contribution in [0.5, 0.6) is 0 Å². The van der Waals surface area contributed by atoms with Gasteiger partial charge >= 0.3 is 0 Å². The predicted octanol–water partition coefficient (Wildman–Crippen LogP) is 0.916. The molecule has 0 spiro atoms. The zero-order chi connectivity index (χ0) is 9.73. The summed E-state index contributed by atoms with van der Waals surface area (Å²) in [5.74, 6) is 0. The lowest BCUT2D eigenvalue weighted by atomic mass is 9.97. The van der Waals surface area contributed by atoms with Gasteiger partial charge in [0.2, 0.25) is 0 Å². The molecule has 1 aliphatic rings. The van der Waals surface area contributed by atoms with E-state index in [4.69, 9.17) is 4.74 Å². The van der Waals surface area contributed by atoms with Gasteiger partial charge in [0.15, 0.2) is 0 Å². The van der Waals surface area contributed by atoms with Gasteiger partial charge in [-0.15, -0.1) is 0 Å². The maximum absolute atomic E-state index is 9.86. The van der Waals surface area contributed by atoms with Crippen LogP contribution in [0.1, 0.15) is 32.6 Å². The van der Waals surface area contributed by atoms with E-state index in [1.54, 1.807) is 0 Å². The number of ether oxygens (including phenoxy) is 1. The SMILES string of the molecule is CNCC(C)(O)CCC1CCCO1. The van der Waals surface area contributed by atoms with Crippen molar-refractivity contribution >= 4 is 0 Å². The molecule has 0 aromatic carbocycles.